The summed E-state index contributed by atoms with van der Waals surface area (Å²) in [6.07, 6.45) is 2.02. The van der Waals surface area contributed by atoms with Gasteiger partial charge in [-0.1, -0.05) is 0 Å². The minimum Gasteiger partial charge on any atom is -0.478 e. The van der Waals surface area contributed by atoms with Crippen molar-refractivity contribution in [1.82, 2.24) is 0 Å². The number of carbonyl (C=O) groups is 2. The van der Waals surface area contributed by atoms with Crippen LogP contribution in [0.15, 0.2) is 24.3 Å². The number of nitrogens with zero attached hydrogens (tertiary/aromatic N) is 2. The van der Waals surface area contributed by atoms with E-state index in [4.69, 9.17) is 0 Å². The van der Waals surface area contributed by atoms with Crippen molar-refractivity contribution in [3.63, 3.8) is 0 Å². The molecule has 6 nitrogen and oxygen atoms in total. The first-order chi connectivity index (χ1) is 12.7. The lowest BCUT2D eigenvalue weighted by Gasteiger charge is -2.13. The molecule has 0 fully saturated rings. The molecule has 2 N–H and O–H groups in total. The van der Waals surface area contributed by atoms with Gasteiger partial charge in [0.1, 0.15) is 24.5 Å². The molecule has 0 saturated carbocycles. The third kappa shape index (κ3) is 3.43. The van der Waals surface area contributed by atoms with E-state index in [-0.39, 0.29) is 0 Å². The van der Waals surface area contributed by atoms with E-state index in [2.05, 4.69) is 9.48 Å². The molecule has 0 bridgehead atoms. The zero-order valence-corrected chi connectivity index (χ0v) is 15.9. The smallest absolute Gasteiger partial charge is 0.335 e. The number of anilines is 1. The average molecular weight is 367 g/mol. The maximum atomic E-state index is 11.3. The van der Waals surface area contributed by atoms with E-state index in [9.17, 15) is 19.8 Å². The second-order valence-corrected chi connectivity index (χ2v) is 7.03. The van der Waals surface area contributed by atoms with E-state index in [0.717, 1.165) is 46.7 Å². The van der Waals surface area contributed by atoms with Crippen molar-refractivity contribution >= 4 is 29.7 Å². The number of aryl methyl sites for hydroxylation is 4. The molecule has 1 heterocycles. The van der Waals surface area contributed by atoms with Gasteiger partial charge in [-0.15, -0.1) is 0 Å². The summed E-state index contributed by atoms with van der Waals surface area (Å²) >= 11 is 0. The van der Waals surface area contributed by atoms with Crippen molar-refractivity contribution in [2.24, 2.45) is 0 Å². The fourth-order valence-corrected chi connectivity index (χ4v) is 3.90. The molecule has 0 amide bonds. The fourth-order valence-electron chi connectivity index (χ4n) is 3.90. The van der Waals surface area contributed by atoms with Crippen molar-refractivity contribution in [2.75, 3.05) is 18.0 Å². The number of carboxylic acids is 2. The highest BCUT2D eigenvalue weighted by Gasteiger charge is 2.28. The summed E-state index contributed by atoms with van der Waals surface area (Å²) in [6.45, 7) is 9.22. The van der Waals surface area contributed by atoms with Crippen LogP contribution in [0.4, 0.5) is 11.4 Å². The van der Waals surface area contributed by atoms with Gasteiger partial charge >= 0.3 is 11.9 Å². The van der Waals surface area contributed by atoms with Gasteiger partial charge < -0.3 is 10.2 Å². The van der Waals surface area contributed by atoms with Crippen LogP contribution in [0.2, 0.25) is 0 Å². The number of benzene rings is 2. The lowest BCUT2D eigenvalue weighted by Crippen LogP contribution is -2.20. The first kappa shape index (κ1) is 18.6. The summed E-state index contributed by atoms with van der Waals surface area (Å²) < 4.78 is 2.13. The monoisotopic (exact) mass is 367 g/mol. The normalized spacial score (nSPS) is 13.6. The zero-order chi connectivity index (χ0) is 19.9. The Labute approximate surface area is 158 Å². The zero-order valence-electron chi connectivity index (χ0n) is 15.9. The van der Waals surface area contributed by atoms with E-state index in [0.29, 0.717) is 11.1 Å². The highest BCUT2D eigenvalue weighted by atomic mass is 16.4. The Kier molecular flexibility index (Phi) is 4.74. The van der Waals surface area contributed by atoms with Crippen LogP contribution in [0.25, 0.3) is 0 Å². The molecule has 0 aromatic heterocycles. The van der Waals surface area contributed by atoms with E-state index in [1.807, 2.05) is 34.0 Å². The molecular weight excluding hydrogens is 344 g/mol. The second kappa shape index (κ2) is 6.87. The summed E-state index contributed by atoms with van der Waals surface area (Å²) in [5.74, 6) is -1.85. The Morgan fingerprint density at radius 1 is 0.852 bits per heavy atom. The average Bonchev–Trinajstić information content (AvgIpc) is 3.02. The summed E-state index contributed by atoms with van der Waals surface area (Å²) in [7, 11) is 0. The summed E-state index contributed by atoms with van der Waals surface area (Å²) in [5.41, 5.74) is 6.28. The standard InChI is InChI=1S/C21H22N2O4/c1-12-7-16(20(24)25)8-13(2)18(12)22-5-6-23(11-22)19-14(3)9-17(21(26)27)10-15(19)4/h7-11H,5-6H2,1-4H3,(H-,24,25,26,27)/p+1. The highest BCUT2D eigenvalue weighted by molar-refractivity contribution is 5.91. The molecule has 0 saturated heterocycles. The van der Waals surface area contributed by atoms with E-state index >= 15 is 0 Å². The van der Waals surface area contributed by atoms with E-state index < -0.39 is 11.9 Å². The largest absolute Gasteiger partial charge is 0.478 e. The van der Waals surface area contributed by atoms with Gasteiger partial charge in [0.05, 0.1) is 11.1 Å². The maximum absolute atomic E-state index is 11.3. The lowest BCUT2D eigenvalue weighted by atomic mass is 10.0. The van der Waals surface area contributed by atoms with Gasteiger partial charge in [0.25, 0.3) is 0 Å². The van der Waals surface area contributed by atoms with Gasteiger partial charge in [-0.2, -0.15) is 0 Å². The first-order valence-corrected chi connectivity index (χ1v) is 8.76. The molecule has 3 rings (SSSR count). The van der Waals surface area contributed by atoms with Gasteiger partial charge in [0.15, 0.2) is 0 Å². The van der Waals surface area contributed by atoms with Crippen LogP contribution in [-0.2, 0) is 0 Å². The van der Waals surface area contributed by atoms with Crippen LogP contribution < -0.4 is 4.90 Å². The predicted octanol–water partition coefficient (Wildman–Crippen LogP) is 3.51. The molecule has 140 valence electrons. The number of carboxylic acid groups (broad SMARTS) is 2. The fraction of sp³-hybridized carbons (Fsp3) is 0.286. The van der Waals surface area contributed by atoms with E-state index in [1.165, 1.54) is 0 Å². The minimum absolute atomic E-state index is 0.292. The molecule has 1 aliphatic heterocycles. The Balaban J connectivity index is 2.01. The molecule has 1 aliphatic rings. The summed E-state index contributed by atoms with van der Waals surface area (Å²) in [6, 6.07) is 6.78. The first-order valence-electron chi connectivity index (χ1n) is 8.76. The van der Waals surface area contributed by atoms with Gasteiger partial charge in [0, 0.05) is 0 Å². The van der Waals surface area contributed by atoms with Crippen LogP contribution in [0.1, 0.15) is 43.0 Å². The Morgan fingerprint density at radius 2 is 1.30 bits per heavy atom. The van der Waals surface area contributed by atoms with Crippen molar-refractivity contribution in [3.05, 3.63) is 57.6 Å². The van der Waals surface area contributed by atoms with Crippen molar-refractivity contribution in [3.8, 4) is 0 Å². The number of hydrogen-bond donors (Lipinski definition) is 2. The molecule has 2 aromatic carbocycles. The molecule has 0 aliphatic carbocycles. The third-order valence-electron chi connectivity index (χ3n) is 4.91. The minimum atomic E-state index is -0.926. The van der Waals surface area contributed by atoms with Crippen LogP contribution in [0, 0.1) is 27.7 Å². The molecule has 0 radical (unpaired) electrons. The van der Waals surface area contributed by atoms with Gasteiger partial charge in [-0.25, -0.2) is 19.1 Å². The summed E-state index contributed by atoms with van der Waals surface area (Å²) in [5, 5.41) is 18.5. The number of aromatic carboxylic acids is 2. The SMILES string of the molecule is Cc1cc(C(=O)O)cc(C)c1N1C=[N+](c2c(C)cc(C(=O)O)cc2C)CC1. The topological polar surface area (TPSA) is 80.8 Å². The van der Waals surface area contributed by atoms with E-state index in [1.54, 1.807) is 24.3 Å². The Morgan fingerprint density at radius 3 is 1.74 bits per heavy atom. The molecule has 0 spiro atoms. The highest BCUT2D eigenvalue weighted by Crippen LogP contribution is 2.30. The molecule has 2 aromatic rings. The number of rotatable bonds is 4. The molecule has 0 unspecified atom stereocenters. The van der Waals surface area contributed by atoms with Crippen molar-refractivity contribution < 1.29 is 24.4 Å². The maximum Gasteiger partial charge on any atom is 0.335 e. The van der Waals surface area contributed by atoms with Crippen LogP contribution >= 0.6 is 0 Å². The molecule has 0 atom stereocenters. The Bertz CT molecular complexity index is 946. The molecular formula is C21H23N2O4+. The molecule has 6 heteroatoms. The van der Waals surface area contributed by atoms with Crippen molar-refractivity contribution in [1.29, 1.82) is 0 Å². The van der Waals surface area contributed by atoms with Gasteiger partial charge in [0.2, 0.25) is 6.34 Å². The predicted molar refractivity (Wildman–Crippen MR) is 104 cm³/mol. The quantitative estimate of drug-likeness (QED) is 0.809. The lowest BCUT2D eigenvalue weighted by molar-refractivity contribution is -0.425. The van der Waals surface area contributed by atoms with Crippen LogP contribution in [0.5, 0.6) is 0 Å². The second-order valence-electron chi connectivity index (χ2n) is 7.03. The molecule has 27 heavy (non-hydrogen) atoms. The van der Waals surface area contributed by atoms with Gasteiger partial charge in [-0.05, 0) is 74.2 Å². The summed E-state index contributed by atoms with van der Waals surface area (Å²) in [4.78, 5) is 24.6. The van der Waals surface area contributed by atoms with Gasteiger partial charge in [-0.3, -0.25) is 0 Å². The van der Waals surface area contributed by atoms with Crippen LogP contribution in [-0.4, -0.2) is 46.2 Å². The van der Waals surface area contributed by atoms with Crippen LogP contribution in [0.3, 0.4) is 0 Å². The third-order valence-corrected chi connectivity index (χ3v) is 4.91. The van der Waals surface area contributed by atoms with Crippen molar-refractivity contribution in [2.45, 2.75) is 27.7 Å². The number of hydrogen-bond acceptors (Lipinski definition) is 3. The Hall–Kier alpha value is -3.15.